The fourth-order valence-electron chi connectivity index (χ4n) is 2.71. The summed E-state index contributed by atoms with van der Waals surface area (Å²) in [7, 11) is 0. The molecule has 1 aliphatic carbocycles. The molecule has 1 saturated carbocycles. The molecule has 0 spiro atoms. The Morgan fingerprint density at radius 1 is 1.00 bits per heavy atom. The summed E-state index contributed by atoms with van der Waals surface area (Å²) < 4.78 is 0. The number of hydrogen-bond acceptors (Lipinski definition) is 3. The quantitative estimate of drug-likeness (QED) is 0.552. The number of amides is 2. The lowest BCUT2D eigenvalue weighted by atomic mass is 10.0. The second kappa shape index (κ2) is 4.61. The Balaban J connectivity index is 2.23. The van der Waals surface area contributed by atoms with Gasteiger partial charge in [-0.1, -0.05) is 19.3 Å². The number of imide groups is 1. The van der Waals surface area contributed by atoms with Crippen LogP contribution in [0.3, 0.4) is 0 Å². The molecular weight excluding hydrogens is 216 g/mol. The lowest BCUT2D eigenvalue weighted by Crippen LogP contribution is -2.50. The van der Waals surface area contributed by atoms with Crippen LogP contribution in [0.2, 0.25) is 0 Å². The van der Waals surface area contributed by atoms with E-state index in [9.17, 15) is 9.59 Å². The first kappa shape index (κ1) is 12.3. The van der Waals surface area contributed by atoms with E-state index in [0.29, 0.717) is 11.1 Å². The van der Waals surface area contributed by atoms with Crippen molar-refractivity contribution < 1.29 is 9.59 Å². The third kappa shape index (κ3) is 2.02. The van der Waals surface area contributed by atoms with Crippen molar-refractivity contribution in [3.05, 3.63) is 11.1 Å². The summed E-state index contributed by atoms with van der Waals surface area (Å²) in [6.45, 7) is 3.44. The Morgan fingerprint density at radius 3 is 2.12 bits per heavy atom. The standard InChI is InChI=1S/C13H20N2O2/c1-8-9(2)13(17)15(12(8)16)11-7-5-3-4-6-10(11)14/h10-11H,3-7,14H2,1-2H3. The first-order valence-corrected chi connectivity index (χ1v) is 6.35. The molecule has 2 unspecified atom stereocenters. The molecule has 0 radical (unpaired) electrons. The number of carbonyl (C=O) groups is 2. The van der Waals surface area contributed by atoms with E-state index in [4.69, 9.17) is 5.73 Å². The lowest BCUT2D eigenvalue weighted by Gasteiger charge is -2.30. The summed E-state index contributed by atoms with van der Waals surface area (Å²) in [5.74, 6) is -0.287. The molecule has 4 heteroatoms. The molecule has 1 fully saturated rings. The third-order valence-corrected chi connectivity index (χ3v) is 4.00. The van der Waals surface area contributed by atoms with Crippen LogP contribution in [0, 0.1) is 0 Å². The van der Waals surface area contributed by atoms with E-state index in [-0.39, 0.29) is 23.9 Å². The largest absolute Gasteiger partial charge is 0.326 e. The zero-order chi connectivity index (χ0) is 12.6. The van der Waals surface area contributed by atoms with Crippen molar-refractivity contribution >= 4 is 11.8 Å². The molecule has 1 aliphatic heterocycles. The van der Waals surface area contributed by atoms with E-state index in [1.54, 1.807) is 13.8 Å². The summed E-state index contributed by atoms with van der Waals surface area (Å²) in [5, 5.41) is 0. The highest BCUT2D eigenvalue weighted by Gasteiger charge is 2.40. The molecular formula is C13H20N2O2. The number of nitrogens with zero attached hydrogens (tertiary/aromatic N) is 1. The van der Waals surface area contributed by atoms with Crippen molar-refractivity contribution in [2.45, 2.75) is 58.0 Å². The first-order chi connectivity index (χ1) is 8.04. The van der Waals surface area contributed by atoms with Gasteiger partial charge in [-0.15, -0.1) is 0 Å². The minimum atomic E-state index is -0.144. The van der Waals surface area contributed by atoms with Gasteiger partial charge in [0.1, 0.15) is 0 Å². The van der Waals surface area contributed by atoms with Gasteiger partial charge < -0.3 is 5.73 Å². The predicted octanol–water partition coefficient (Wildman–Crippen LogP) is 1.35. The number of hydrogen-bond donors (Lipinski definition) is 1. The minimum absolute atomic E-state index is 0.0656. The highest BCUT2D eigenvalue weighted by atomic mass is 16.2. The molecule has 2 amide bonds. The molecule has 0 aromatic heterocycles. The molecule has 1 heterocycles. The van der Waals surface area contributed by atoms with Crippen LogP contribution in [0.15, 0.2) is 11.1 Å². The van der Waals surface area contributed by atoms with E-state index in [0.717, 1.165) is 32.1 Å². The molecule has 17 heavy (non-hydrogen) atoms. The van der Waals surface area contributed by atoms with Crippen molar-refractivity contribution in [1.82, 2.24) is 4.90 Å². The first-order valence-electron chi connectivity index (χ1n) is 6.35. The van der Waals surface area contributed by atoms with Crippen LogP contribution in [-0.2, 0) is 9.59 Å². The van der Waals surface area contributed by atoms with Gasteiger partial charge in [-0.3, -0.25) is 14.5 Å². The summed E-state index contributed by atoms with van der Waals surface area (Å²) >= 11 is 0. The van der Waals surface area contributed by atoms with Crippen molar-refractivity contribution in [3.8, 4) is 0 Å². The van der Waals surface area contributed by atoms with Gasteiger partial charge in [-0.25, -0.2) is 0 Å². The summed E-state index contributed by atoms with van der Waals surface area (Å²) in [5.41, 5.74) is 7.26. The van der Waals surface area contributed by atoms with Crippen LogP contribution in [-0.4, -0.2) is 28.8 Å². The molecule has 4 nitrogen and oxygen atoms in total. The maximum atomic E-state index is 12.1. The second-order valence-corrected chi connectivity index (χ2v) is 5.10. The van der Waals surface area contributed by atoms with Gasteiger partial charge in [0, 0.05) is 17.2 Å². The number of rotatable bonds is 1. The summed E-state index contributed by atoms with van der Waals surface area (Å²) in [4.78, 5) is 25.6. The van der Waals surface area contributed by atoms with Gasteiger partial charge >= 0.3 is 0 Å². The maximum absolute atomic E-state index is 12.1. The Labute approximate surface area is 102 Å². The topological polar surface area (TPSA) is 63.4 Å². The normalized spacial score (nSPS) is 31.1. The Morgan fingerprint density at radius 2 is 1.53 bits per heavy atom. The van der Waals surface area contributed by atoms with Gasteiger partial charge in [0.2, 0.25) is 0 Å². The average molecular weight is 236 g/mol. The molecule has 2 atom stereocenters. The second-order valence-electron chi connectivity index (χ2n) is 5.10. The zero-order valence-corrected chi connectivity index (χ0v) is 10.5. The predicted molar refractivity (Wildman–Crippen MR) is 65.1 cm³/mol. The van der Waals surface area contributed by atoms with Gasteiger partial charge in [0.05, 0.1) is 6.04 Å². The zero-order valence-electron chi connectivity index (χ0n) is 10.5. The van der Waals surface area contributed by atoms with E-state index in [1.807, 2.05) is 0 Å². The van der Waals surface area contributed by atoms with E-state index in [2.05, 4.69) is 0 Å². The Bertz CT molecular complexity index is 363. The summed E-state index contributed by atoms with van der Waals surface area (Å²) in [6.07, 6.45) is 5.04. The van der Waals surface area contributed by atoms with Crippen LogP contribution in [0.1, 0.15) is 46.0 Å². The van der Waals surface area contributed by atoms with Crippen LogP contribution < -0.4 is 5.73 Å². The number of nitrogens with two attached hydrogens (primary N) is 1. The highest BCUT2D eigenvalue weighted by Crippen LogP contribution is 2.28. The number of carbonyl (C=O) groups excluding carboxylic acids is 2. The van der Waals surface area contributed by atoms with Crippen molar-refractivity contribution in [1.29, 1.82) is 0 Å². The van der Waals surface area contributed by atoms with Gasteiger partial charge in [-0.05, 0) is 26.7 Å². The smallest absolute Gasteiger partial charge is 0.257 e. The van der Waals surface area contributed by atoms with E-state index in [1.165, 1.54) is 4.90 Å². The average Bonchev–Trinajstić information content (AvgIpc) is 2.52. The van der Waals surface area contributed by atoms with Gasteiger partial charge in [-0.2, -0.15) is 0 Å². The highest BCUT2D eigenvalue weighted by molar-refractivity contribution is 6.19. The van der Waals surface area contributed by atoms with Gasteiger partial charge in [0.15, 0.2) is 0 Å². The molecule has 0 bridgehead atoms. The van der Waals surface area contributed by atoms with Crippen molar-refractivity contribution in [2.75, 3.05) is 0 Å². The van der Waals surface area contributed by atoms with Gasteiger partial charge in [0.25, 0.3) is 11.8 Å². The molecule has 2 N–H and O–H groups in total. The molecule has 2 rings (SSSR count). The van der Waals surface area contributed by atoms with E-state index < -0.39 is 0 Å². The fourth-order valence-corrected chi connectivity index (χ4v) is 2.71. The Hall–Kier alpha value is -1.16. The molecule has 2 aliphatic rings. The summed E-state index contributed by atoms with van der Waals surface area (Å²) in [6, 6.07) is -0.172. The fraction of sp³-hybridized carbons (Fsp3) is 0.692. The van der Waals surface area contributed by atoms with Crippen LogP contribution in [0.25, 0.3) is 0 Å². The lowest BCUT2D eigenvalue weighted by molar-refractivity contribution is -0.141. The molecule has 94 valence electrons. The molecule has 0 aromatic carbocycles. The van der Waals surface area contributed by atoms with Crippen molar-refractivity contribution in [3.63, 3.8) is 0 Å². The minimum Gasteiger partial charge on any atom is -0.326 e. The van der Waals surface area contributed by atoms with Crippen LogP contribution >= 0.6 is 0 Å². The molecule has 0 saturated heterocycles. The van der Waals surface area contributed by atoms with Crippen molar-refractivity contribution in [2.24, 2.45) is 5.73 Å². The monoisotopic (exact) mass is 236 g/mol. The van der Waals surface area contributed by atoms with Crippen LogP contribution in [0.4, 0.5) is 0 Å². The third-order valence-electron chi connectivity index (χ3n) is 4.00. The molecule has 0 aromatic rings. The Kier molecular flexibility index (Phi) is 3.33. The maximum Gasteiger partial charge on any atom is 0.257 e. The SMILES string of the molecule is CC1=C(C)C(=O)N(C2CCCCCC2N)C1=O. The van der Waals surface area contributed by atoms with Crippen LogP contribution in [0.5, 0.6) is 0 Å². The van der Waals surface area contributed by atoms with E-state index >= 15 is 0 Å².